The first-order chi connectivity index (χ1) is 11.2. The van der Waals surface area contributed by atoms with Crippen molar-refractivity contribution < 1.29 is 0 Å². The Morgan fingerprint density at radius 2 is 2.17 bits per heavy atom. The highest BCUT2D eigenvalue weighted by atomic mass is 32.1. The second kappa shape index (κ2) is 5.29. The van der Waals surface area contributed by atoms with Crippen molar-refractivity contribution in [3.63, 3.8) is 0 Å². The summed E-state index contributed by atoms with van der Waals surface area (Å²) in [5.74, 6) is 0.751. The Kier molecular flexibility index (Phi) is 3.24. The Labute approximate surface area is 137 Å². The standard InChI is InChI=1S/C16H16N6S/c1-18-14-11-12(22(2)8-19-11)13-15(20-14)21-16(23-13)10-5-3-4-9(6-10)7-17/h3-6,8H,7,17H2,1-2H3,(H,18,20). The molecule has 0 saturated carbocycles. The zero-order valence-electron chi connectivity index (χ0n) is 12.9. The minimum absolute atomic E-state index is 0.521. The number of aryl methyl sites for hydroxylation is 1. The van der Waals surface area contributed by atoms with Gasteiger partial charge in [-0.2, -0.15) is 0 Å². The lowest BCUT2D eigenvalue weighted by Gasteiger charge is -2.01. The van der Waals surface area contributed by atoms with Gasteiger partial charge in [0.05, 0.1) is 11.8 Å². The van der Waals surface area contributed by atoms with Crippen molar-refractivity contribution in [2.75, 3.05) is 12.4 Å². The lowest BCUT2D eigenvalue weighted by molar-refractivity contribution is 0.951. The zero-order chi connectivity index (χ0) is 16.0. The van der Waals surface area contributed by atoms with Gasteiger partial charge in [0.1, 0.15) is 15.2 Å². The minimum Gasteiger partial charge on any atom is -0.371 e. The van der Waals surface area contributed by atoms with E-state index in [9.17, 15) is 0 Å². The van der Waals surface area contributed by atoms with E-state index in [0.717, 1.165) is 43.3 Å². The maximum Gasteiger partial charge on any atom is 0.175 e. The van der Waals surface area contributed by atoms with Crippen molar-refractivity contribution in [2.45, 2.75) is 6.54 Å². The van der Waals surface area contributed by atoms with Gasteiger partial charge in [-0.25, -0.2) is 15.0 Å². The summed E-state index contributed by atoms with van der Waals surface area (Å²) in [6.07, 6.45) is 1.81. The highest BCUT2D eigenvalue weighted by Gasteiger charge is 2.16. The molecule has 6 nitrogen and oxygen atoms in total. The molecule has 0 atom stereocenters. The highest BCUT2D eigenvalue weighted by Crippen LogP contribution is 2.36. The number of hydrogen-bond acceptors (Lipinski definition) is 6. The number of anilines is 1. The van der Waals surface area contributed by atoms with Crippen LogP contribution >= 0.6 is 11.3 Å². The largest absolute Gasteiger partial charge is 0.371 e. The average molecular weight is 324 g/mol. The van der Waals surface area contributed by atoms with Gasteiger partial charge < -0.3 is 15.6 Å². The summed E-state index contributed by atoms with van der Waals surface area (Å²) >= 11 is 1.63. The van der Waals surface area contributed by atoms with Crippen LogP contribution in [-0.2, 0) is 13.6 Å². The van der Waals surface area contributed by atoms with Gasteiger partial charge in [0.2, 0.25) is 0 Å². The number of nitrogens with one attached hydrogen (secondary N) is 1. The van der Waals surface area contributed by atoms with Crippen LogP contribution in [0.4, 0.5) is 5.82 Å². The molecule has 0 aliphatic heterocycles. The minimum atomic E-state index is 0.521. The fraction of sp³-hybridized carbons (Fsp3) is 0.188. The first kappa shape index (κ1) is 14.1. The first-order valence-corrected chi connectivity index (χ1v) is 8.11. The van der Waals surface area contributed by atoms with Crippen LogP contribution in [0.2, 0.25) is 0 Å². The number of rotatable bonds is 3. The summed E-state index contributed by atoms with van der Waals surface area (Å²) in [6, 6.07) is 8.16. The molecule has 3 N–H and O–H groups in total. The SMILES string of the molecule is CNc1nc2nc(-c3cccc(CN)c3)sc2c2c1ncn2C. The molecule has 0 aliphatic rings. The molecule has 23 heavy (non-hydrogen) atoms. The molecule has 1 aromatic carbocycles. The average Bonchev–Trinajstić information content (AvgIpc) is 3.17. The summed E-state index contributed by atoms with van der Waals surface area (Å²) in [5.41, 5.74) is 10.6. The summed E-state index contributed by atoms with van der Waals surface area (Å²) in [7, 11) is 3.84. The number of imidazole rings is 1. The van der Waals surface area contributed by atoms with Crippen LogP contribution in [0.5, 0.6) is 0 Å². The third-order valence-corrected chi connectivity index (χ3v) is 4.95. The number of fused-ring (bicyclic) bond motifs is 3. The molecule has 0 radical (unpaired) electrons. The van der Waals surface area contributed by atoms with Gasteiger partial charge in [-0.05, 0) is 11.6 Å². The van der Waals surface area contributed by atoms with Crippen LogP contribution in [0.25, 0.3) is 32.0 Å². The van der Waals surface area contributed by atoms with E-state index in [4.69, 9.17) is 10.7 Å². The Morgan fingerprint density at radius 1 is 1.30 bits per heavy atom. The van der Waals surface area contributed by atoms with Crippen molar-refractivity contribution >= 4 is 38.5 Å². The van der Waals surface area contributed by atoms with Gasteiger partial charge in [-0.3, -0.25) is 0 Å². The van der Waals surface area contributed by atoms with Crippen LogP contribution in [0.3, 0.4) is 0 Å². The summed E-state index contributed by atoms with van der Waals surface area (Å²) in [5, 5.41) is 4.05. The predicted molar refractivity (Wildman–Crippen MR) is 94.6 cm³/mol. The molecular formula is C16H16N6S. The molecule has 0 fully saturated rings. The molecule has 116 valence electrons. The monoisotopic (exact) mass is 324 g/mol. The number of nitrogens with zero attached hydrogens (tertiary/aromatic N) is 4. The lowest BCUT2D eigenvalue weighted by Crippen LogP contribution is -1.96. The molecule has 4 aromatic rings. The first-order valence-electron chi connectivity index (χ1n) is 7.30. The Morgan fingerprint density at radius 3 is 2.96 bits per heavy atom. The van der Waals surface area contributed by atoms with E-state index in [1.54, 1.807) is 17.7 Å². The Hall–Kier alpha value is -2.51. The molecule has 0 amide bonds. The van der Waals surface area contributed by atoms with Gasteiger partial charge in [0, 0.05) is 26.2 Å². The third kappa shape index (κ3) is 2.16. The predicted octanol–water partition coefficient (Wildman–Crippen LogP) is 2.75. The maximum absolute atomic E-state index is 5.74. The van der Waals surface area contributed by atoms with Crippen LogP contribution in [-0.4, -0.2) is 26.6 Å². The number of benzene rings is 1. The van der Waals surface area contributed by atoms with E-state index in [-0.39, 0.29) is 0 Å². The third-order valence-electron chi connectivity index (χ3n) is 3.85. The normalized spacial score (nSPS) is 11.4. The van der Waals surface area contributed by atoms with Gasteiger partial charge in [0.15, 0.2) is 11.5 Å². The summed E-state index contributed by atoms with van der Waals surface area (Å²) in [4.78, 5) is 13.8. The number of pyridine rings is 1. The molecule has 0 spiro atoms. The van der Waals surface area contributed by atoms with Crippen LogP contribution in [0, 0.1) is 0 Å². The van der Waals surface area contributed by atoms with Gasteiger partial charge in [-0.15, -0.1) is 11.3 Å². The molecular weight excluding hydrogens is 308 g/mol. The van der Waals surface area contributed by atoms with E-state index in [2.05, 4.69) is 27.4 Å². The number of thiazole rings is 1. The molecule has 4 rings (SSSR count). The molecule has 0 aliphatic carbocycles. The van der Waals surface area contributed by atoms with E-state index < -0.39 is 0 Å². The topological polar surface area (TPSA) is 81.7 Å². The Bertz CT molecular complexity index is 1020. The van der Waals surface area contributed by atoms with Crippen molar-refractivity contribution in [2.24, 2.45) is 12.8 Å². The van der Waals surface area contributed by atoms with E-state index in [1.165, 1.54) is 0 Å². The number of aromatic nitrogens is 4. The van der Waals surface area contributed by atoms with Crippen molar-refractivity contribution in [1.82, 2.24) is 19.5 Å². The molecule has 7 heteroatoms. The van der Waals surface area contributed by atoms with Crippen LogP contribution < -0.4 is 11.1 Å². The lowest BCUT2D eigenvalue weighted by atomic mass is 10.1. The van der Waals surface area contributed by atoms with Gasteiger partial charge in [-0.1, -0.05) is 18.2 Å². The highest BCUT2D eigenvalue weighted by molar-refractivity contribution is 7.22. The fourth-order valence-electron chi connectivity index (χ4n) is 2.70. The van der Waals surface area contributed by atoms with Gasteiger partial charge >= 0.3 is 0 Å². The molecule has 3 heterocycles. The number of hydrogen-bond donors (Lipinski definition) is 2. The molecule has 3 aromatic heterocycles. The quantitative estimate of drug-likeness (QED) is 0.605. The fourth-order valence-corrected chi connectivity index (χ4v) is 3.79. The number of nitrogens with two attached hydrogens (primary N) is 1. The summed E-state index contributed by atoms with van der Waals surface area (Å²) in [6.45, 7) is 0.521. The zero-order valence-corrected chi connectivity index (χ0v) is 13.7. The van der Waals surface area contributed by atoms with E-state index >= 15 is 0 Å². The van der Waals surface area contributed by atoms with Crippen molar-refractivity contribution in [3.05, 3.63) is 36.2 Å². The second-order valence-corrected chi connectivity index (χ2v) is 6.34. The second-order valence-electron chi connectivity index (χ2n) is 5.34. The van der Waals surface area contributed by atoms with E-state index in [0.29, 0.717) is 6.54 Å². The molecule has 0 bridgehead atoms. The Balaban J connectivity index is 2.00. The van der Waals surface area contributed by atoms with Crippen molar-refractivity contribution in [3.8, 4) is 10.6 Å². The maximum atomic E-state index is 5.74. The van der Waals surface area contributed by atoms with Gasteiger partial charge in [0.25, 0.3) is 0 Å². The summed E-state index contributed by atoms with van der Waals surface area (Å²) < 4.78 is 3.06. The van der Waals surface area contributed by atoms with E-state index in [1.807, 2.05) is 30.8 Å². The smallest absolute Gasteiger partial charge is 0.175 e. The van der Waals surface area contributed by atoms with Crippen molar-refractivity contribution in [1.29, 1.82) is 0 Å². The van der Waals surface area contributed by atoms with Crippen LogP contribution in [0.1, 0.15) is 5.56 Å². The molecule has 0 unspecified atom stereocenters. The van der Waals surface area contributed by atoms with Crippen LogP contribution in [0.15, 0.2) is 30.6 Å². The molecule has 0 saturated heterocycles.